The molecule has 0 unspecified atom stereocenters. The molecule has 0 bridgehead atoms. The Morgan fingerprint density at radius 2 is 1.89 bits per heavy atom. The molecule has 1 N–H and O–H groups in total. The molecule has 0 saturated heterocycles. The second-order valence-electron chi connectivity index (χ2n) is 3.87. The van der Waals surface area contributed by atoms with Gasteiger partial charge in [-0.2, -0.15) is 0 Å². The Balaban J connectivity index is 2.27. The monoisotopic (exact) mass is 323 g/mol. The fourth-order valence-corrected chi connectivity index (χ4v) is 2.16. The summed E-state index contributed by atoms with van der Waals surface area (Å²) in [7, 11) is 0. The van der Waals surface area contributed by atoms with Crippen molar-refractivity contribution in [1.29, 1.82) is 0 Å². The highest BCUT2D eigenvalue weighted by atomic mass is 79.9. The number of aryl methyl sites for hydroxylation is 1. The van der Waals surface area contributed by atoms with Gasteiger partial charge < -0.3 is 5.32 Å². The molecule has 0 atom stereocenters. The number of anilines is 1. The van der Waals surface area contributed by atoms with Crippen LogP contribution < -0.4 is 5.32 Å². The summed E-state index contributed by atoms with van der Waals surface area (Å²) >= 11 is 9.33. The first-order valence-electron chi connectivity index (χ1n) is 5.40. The molecule has 2 rings (SSSR count). The van der Waals surface area contributed by atoms with Gasteiger partial charge in [0.15, 0.2) is 0 Å². The van der Waals surface area contributed by atoms with E-state index in [1.165, 1.54) is 0 Å². The Morgan fingerprint density at radius 1 is 1.17 bits per heavy atom. The second-order valence-corrected chi connectivity index (χ2v) is 5.07. The van der Waals surface area contributed by atoms with Crippen molar-refractivity contribution in [1.82, 2.24) is 0 Å². The maximum absolute atomic E-state index is 12.1. The van der Waals surface area contributed by atoms with Gasteiger partial charge in [0.1, 0.15) is 0 Å². The molecule has 18 heavy (non-hydrogen) atoms. The smallest absolute Gasteiger partial charge is 0.255 e. The van der Waals surface area contributed by atoms with E-state index in [2.05, 4.69) is 21.2 Å². The average molecular weight is 325 g/mol. The van der Waals surface area contributed by atoms with Gasteiger partial charge in [0.25, 0.3) is 5.91 Å². The molecular weight excluding hydrogens is 314 g/mol. The van der Waals surface area contributed by atoms with E-state index in [9.17, 15) is 4.79 Å². The Morgan fingerprint density at radius 3 is 2.61 bits per heavy atom. The first-order chi connectivity index (χ1) is 8.59. The number of hydrogen-bond donors (Lipinski definition) is 1. The molecular formula is C14H11BrClNO. The van der Waals surface area contributed by atoms with Gasteiger partial charge in [0, 0.05) is 5.56 Å². The fraction of sp³-hybridized carbons (Fsp3) is 0.0714. The standard InChI is InChI=1S/C14H11BrClNO/c1-9-5-2-3-6-10(9)14(18)17-12-8-4-7-11(16)13(12)15/h2-8H,1H3,(H,17,18). The largest absolute Gasteiger partial charge is 0.321 e. The molecule has 0 aliphatic carbocycles. The van der Waals surface area contributed by atoms with Crippen LogP contribution in [0.2, 0.25) is 5.02 Å². The van der Waals surface area contributed by atoms with Gasteiger partial charge in [-0.3, -0.25) is 4.79 Å². The van der Waals surface area contributed by atoms with Gasteiger partial charge in [-0.25, -0.2) is 0 Å². The summed E-state index contributed by atoms with van der Waals surface area (Å²) in [5.41, 5.74) is 2.26. The molecule has 0 aliphatic heterocycles. The molecule has 0 radical (unpaired) electrons. The fourth-order valence-electron chi connectivity index (χ4n) is 1.62. The second kappa shape index (κ2) is 5.55. The summed E-state index contributed by atoms with van der Waals surface area (Å²) in [6, 6.07) is 12.8. The van der Waals surface area contributed by atoms with Crippen LogP contribution in [0.3, 0.4) is 0 Å². The van der Waals surface area contributed by atoms with E-state index in [-0.39, 0.29) is 5.91 Å². The molecule has 2 nitrogen and oxygen atoms in total. The number of amides is 1. The third-order valence-electron chi connectivity index (χ3n) is 2.59. The van der Waals surface area contributed by atoms with E-state index in [4.69, 9.17) is 11.6 Å². The zero-order chi connectivity index (χ0) is 13.1. The first kappa shape index (κ1) is 13.1. The number of carbonyl (C=O) groups is 1. The summed E-state index contributed by atoms with van der Waals surface area (Å²) in [6.07, 6.45) is 0. The molecule has 0 aromatic heterocycles. The van der Waals surface area contributed by atoms with Gasteiger partial charge in [0.05, 0.1) is 15.2 Å². The molecule has 2 aromatic carbocycles. The van der Waals surface area contributed by atoms with Crippen LogP contribution >= 0.6 is 27.5 Å². The normalized spacial score (nSPS) is 10.2. The van der Waals surface area contributed by atoms with Crippen molar-refractivity contribution in [2.45, 2.75) is 6.92 Å². The van der Waals surface area contributed by atoms with E-state index in [1.807, 2.05) is 25.1 Å². The van der Waals surface area contributed by atoms with Crippen LogP contribution in [0.1, 0.15) is 15.9 Å². The minimum absolute atomic E-state index is 0.143. The van der Waals surface area contributed by atoms with Gasteiger partial charge in [0.2, 0.25) is 0 Å². The van der Waals surface area contributed by atoms with Crippen molar-refractivity contribution in [3.63, 3.8) is 0 Å². The van der Waals surface area contributed by atoms with Crippen molar-refractivity contribution in [3.8, 4) is 0 Å². The molecule has 0 aliphatic rings. The minimum atomic E-state index is -0.143. The Bertz CT molecular complexity index is 598. The summed E-state index contributed by atoms with van der Waals surface area (Å²) in [4.78, 5) is 12.1. The highest BCUT2D eigenvalue weighted by molar-refractivity contribution is 9.10. The Labute approximate surface area is 119 Å². The average Bonchev–Trinajstić information content (AvgIpc) is 2.35. The lowest BCUT2D eigenvalue weighted by Crippen LogP contribution is -2.13. The number of nitrogens with one attached hydrogen (secondary N) is 1. The molecule has 0 fully saturated rings. The third-order valence-corrected chi connectivity index (χ3v) is 3.99. The van der Waals surface area contributed by atoms with Crippen molar-refractivity contribution < 1.29 is 4.79 Å². The van der Waals surface area contributed by atoms with E-state index in [0.717, 1.165) is 5.56 Å². The lowest BCUT2D eigenvalue weighted by Gasteiger charge is -2.09. The lowest BCUT2D eigenvalue weighted by atomic mass is 10.1. The quantitative estimate of drug-likeness (QED) is 0.855. The maximum Gasteiger partial charge on any atom is 0.255 e. The zero-order valence-corrected chi connectivity index (χ0v) is 12.0. The number of rotatable bonds is 2. The van der Waals surface area contributed by atoms with Crippen LogP contribution in [0, 0.1) is 6.92 Å². The summed E-state index contributed by atoms with van der Waals surface area (Å²) in [5, 5.41) is 3.41. The summed E-state index contributed by atoms with van der Waals surface area (Å²) in [5.74, 6) is -0.143. The highest BCUT2D eigenvalue weighted by Crippen LogP contribution is 2.30. The van der Waals surface area contributed by atoms with Gasteiger partial charge in [-0.15, -0.1) is 0 Å². The predicted molar refractivity (Wildman–Crippen MR) is 78.3 cm³/mol. The Hall–Kier alpha value is -1.32. The van der Waals surface area contributed by atoms with Crippen molar-refractivity contribution in [2.24, 2.45) is 0 Å². The number of hydrogen-bond acceptors (Lipinski definition) is 1. The summed E-state index contributed by atoms with van der Waals surface area (Å²) in [6.45, 7) is 1.90. The van der Waals surface area contributed by atoms with E-state index in [1.54, 1.807) is 24.3 Å². The van der Waals surface area contributed by atoms with Crippen LogP contribution in [0.15, 0.2) is 46.9 Å². The van der Waals surface area contributed by atoms with Gasteiger partial charge in [-0.1, -0.05) is 35.9 Å². The molecule has 4 heteroatoms. The molecule has 2 aromatic rings. The number of benzene rings is 2. The van der Waals surface area contributed by atoms with Gasteiger partial charge >= 0.3 is 0 Å². The van der Waals surface area contributed by atoms with Crippen molar-refractivity contribution in [2.75, 3.05) is 5.32 Å². The maximum atomic E-state index is 12.1. The molecule has 92 valence electrons. The topological polar surface area (TPSA) is 29.1 Å². The number of halogens is 2. The minimum Gasteiger partial charge on any atom is -0.321 e. The zero-order valence-electron chi connectivity index (χ0n) is 9.71. The first-order valence-corrected chi connectivity index (χ1v) is 6.57. The van der Waals surface area contributed by atoms with Crippen LogP contribution in [-0.2, 0) is 0 Å². The van der Waals surface area contributed by atoms with Crippen LogP contribution in [0.5, 0.6) is 0 Å². The molecule has 1 amide bonds. The summed E-state index contributed by atoms with van der Waals surface area (Å²) < 4.78 is 0.689. The van der Waals surface area contributed by atoms with Gasteiger partial charge in [-0.05, 0) is 46.6 Å². The van der Waals surface area contributed by atoms with E-state index in [0.29, 0.717) is 20.7 Å². The lowest BCUT2D eigenvalue weighted by molar-refractivity contribution is 0.102. The van der Waals surface area contributed by atoms with Crippen LogP contribution in [0.4, 0.5) is 5.69 Å². The van der Waals surface area contributed by atoms with E-state index >= 15 is 0 Å². The van der Waals surface area contributed by atoms with Crippen LogP contribution in [-0.4, -0.2) is 5.91 Å². The van der Waals surface area contributed by atoms with Crippen molar-refractivity contribution >= 4 is 39.1 Å². The highest BCUT2D eigenvalue weighted by Gasteiger charge is 2.11. The molecule has 0 spiro atoms. The SMILES string of the molecule is Cc1ccccc1C(=O)Nc1cccc(Cl)c1Br. The number of carbonyl (C=O) groups excluding carboxylic acids is 1. The molecule has 0 heterocycles. The van der Waals surface area contributed by atoms with Crippen LogP contribution in [0.25, 0.3) is 0 Å². The van der Waals surface area contributed by atoms with E-state index < -0.39 is 0 Å². The predicted octanol–water partition coefficient (Wildman–Crippen LogP) is 4.66. The molecule has 0 saturated carbocycles. The Kier molecular flexibility index (Phi) is 4.04. The third kappa shape index (κ3) is 2.74. The van der Waals surface area contributed by atoms with Crippen molar-refractivity contribution in [3.05, 3.63) is 63.1 Å².